The summed E-state index contributed by atoms with van der Waals surface area (Å²) in [4.78, 5) is 39.4. The van der Waals surface area contributed by atoms with Gasteiger partial charge in [-0.25, -0.2) is 4.79 Å². The van der Waals surface area contributed by atoms with E-state index in [0.29, 0.717) is 5.56 Å². The van der Waals surface area contributed by atoms with Crippen LogP contribution >= 0.6 is 0 Å². The van der Waals surface area contributed by atoms with E-state index >= 15 is 0 Å². The summed E-state index contributed by atoms with van der Waals surface area (Å²) in [6, 6.07) is 12.9. The number of aryl methyl sites for hydroxylation is 2. The quantitative estimate of drug-likeness (QED) is 0.708. The number of imide groups is 1. The molecule has 2 N–H and O–H groups in total. The lowest BCUT2D eigenvalue weighted by atomic mass is 9.84. The number of urea groups is 1. The van der Waals surface area contributed by atoms with Gasteiger partial charge in [-0.1, -0.05) is 70.2 Å². The molecule has 31 heavy (non-hydrogen) atoms. The molecule has 0 aliphatic carbocycles. The van der Waals surface area contributed by atoms with Gasteiger partial charge in [-0.2, -0.15) is 0 Å². The van der Waals surface area contributed by atoms with Gasteiger partial charge in [0.1, 0.15) is 12.1 Å². The fraction of sp³-hybridized carbons (Fsp3) is 0.400. The molecule has 2 aromatic carbocycles. The Kier molecular flexibility index (Phi) is 5.94. The van der Waals surface area contributed by atoms with E-state index < -0.39 is 23.4 Å². The van der Waals surface area contributed by atoms with Gasteiger partial charge in [0.2, 0.25) is 5.91 Å². The van der Waals surface area contributed by atoms with Gasteiger partial charge >= 0.3 is 6.03 Å². The summed E-state index contributed by atoms with van der Waals surface area (Å²) in [6.45, 7) is 11.6. The molecule has 0 bridgehead atoms. The Hall–Kier alpha value is -3.15. The van der Waals surface area contributed by atoms with Crippen molar-refractivity contribution in [2.75, 3.05) is 11.9 Å². The van der Waals surface area contributed by atoms with Gasteiger partial charge in [0, 0.05) is 5.69 Å². The summed E-state index contributed by atoms with van der Waals surface area (Å²) in [5.41, 5.74) is 3.29. The van der Waals surface area contributed by atoms with Gasteiger partial charge in [-0.15, -0.1) is 0 Å². The number of carbonyl (C=O) groups is 3. The molecule has 1 atom stereocenters. The van der Waals surface area contributed by atoms with Crippen LogP contribution in [0.25, 0.3) is 0 Å². The largest absolute Gasteiger partial charge is 0.325 e. The predicted molar refractivity (Wildman–Crippen MR) is 122 cm³/mol. The molecule has 0 aromatic heterocycles. The number of anilines is 1. The first kappa shape index (κ1) is 22.5. The lowest BCUT2D eigenvalue weighted by Crippen LogP contribution is -2.42. The first-order chi connectivity index (χ1) is 14.5. The fourth-order valence-electron chi connectivity index (χ4n) is 3.86. The zero-order chi connectivity index (χ0) is 23.0. The average Bonchev–Trinajstić information content (AvgIpc) is 2.93. The Labute approximate surface area is 184 Å². The SMILES string of the molecule is CCc1cccc(C)c1NC(=O)CN1C(=O)NC(C)(c2ccc(C(C)(C)C)cc2)C1=O. The number of para-hydroxylation sites is 1. The van der Waals surface area contributed by atoms with Crippen LogP contribution in [-0.4, -0.2) is 29.3 Å². The monoisotopic (exact) mass is 421 g/mol. The minimum absolute atomic E-state index is 0.0145. The van der Waals surface area contributed by atoms with E-state index in [1.807, 2.05) is 56.3 Å². The summed E-state index contributed by atoms with van der Waals surface area (Å²) in [6.07, 6.45) is 0.767. The Morgan fingerprint density at radius 1 is 1.10 bits per heavy atom. The van der Waals surface area contributed by atoms with E-state index in [2.05, 4.69) is 31.4 Å². The Balaban J connectivity index is 1.78. The maximum atomic E-state index is 13.2. The van der Waals surface area contributed by atoms with Crippen LogP contribution in [0, 0.1) is 6.92 Å². The minimum Gasteiger partial charge on any atom is -0.324 e. The topological polar surface area (TPSA) is 78.5 Å². The summed E-state index contributed by atoms with van der Waals surface area (Å²) in [5, 5.41) is 5.64. The maximum Gasteiger partial charge on any atom is 0.325 e. The first-order valence-electron chi connectivity index (χ1n) is 10.6. The lowest BCUT2D eigenvalue weighted by Gasteiger charge is -2.24. The third kappa shape index (κ3) is 4.33. The molecule has 0 spiro atoms. The summed E-state index contributed by atoms with van der Waals surface area (Å²) in [5.74, 6) is -0.837. The zero-order valence-corrected chi connectivity index (χ0v) is 19.1. The van der Waals surface area contributed by atoms with E-state index in [0.717, 1.165) is 33.7 Å². The van der Waals surface area contributed by atoms with E-state index in [9.17, 15) is 14.4 Å². The Morgan fingerprint density at radius 2 is 1.74 bits per heavy atom. The number of hydrogen-bond acceptors (Lipinski definition) is 3. The molecule has 0 radical (unpaired) electrons. The molecule has 1 aliphatic heterocycles. The van der Waals surface area contributed by atoms with Gasteiger partial charge in [-0.05, 0) is 47.9 Å². The number of benzene rings is 2. The molecule has 3 rings (SSSR count). The molecule has 6 heteroatoms. The highest BCUT2D eigenvalue weighted by Crippen LogP contribution is 2.31. The van der Waals surface area contributed by atoms with Gasteiger partial charge < -0.3 is 10.6 Å². The van der Waals surface area contributed by atoms with Crippen molar-refractivity contribution in [2.45, 2.75) is 58.9 Å². The number of nitrogens with one attached hydrogen (secondary N) is 2. The second-order valence-electron chi connectivity index (χ2n) is 9.28. The maximum absolute atomic E-state index is 13.2. The second kappa shape index (κ2) is 8.17. The third-order valence-electron chi connectivity index (χ3n) is 5.91. The van der Waals surface area contributed by atoms with Crippen LogP contribution in [0.5, 0.6) is 0 Å². The number of hydrogen-bond donors (Lipinski definition) is 2. The smallest absolute Gasteiger partial charge is 0.324 e. The predicted octanol–water partition coefficient (Wildman–Crippen LogP) is 4.26. The van der Waals surface area contributed by atoms with Crippen LogP contribution in [0.1, 0.15) is 56.9 Å². The molecular weight excluding hydrogens is 390 g/mol. The van der Waals surface area contributed by atoms with Crippen molar-refractivity contribution >= 4 is 23.5 Å². The van der Waals surface area contributed by atoms with Crippen molar-refractivity contribution in [2.24, 2.45) is 0 Å². The third-order valence-corrected chi connectivity index (χ3v) is 5.91. The molecule has 1 unspecified atom stereocenters. The number of amides is 4. The van der Waals surface area contributed by atoms with Crippen molar-refractivity contribution in [3.8, 4) is 0 Å². The van der Waals surface area contributed by atoms with Crippen LogP contribution in [0.2, 0.25) is 0 Å². The normalized spacial score (nSPS) is 18.8. The highest BCUT2D eigenvalue weighted by molar-refractivity contribution is 6.10. The first-order valence-corrected chi connectivity index (χ1v) is 10.6. The molecule has 6 nitrogen and oxygen atoms in total. The molecule has 2 aromatic rings. The summed E-state index contributed by atoms with van der Waals surface area (Å²) >= 11 is 0. The van der Waals surface area contributed by atoms with E-state index in [4.69, 9.17) is 0 Å². The average molecular weight is 422 g/mol. The van der Waals surface area contributed by atoms with Crippen molar-refractivity contribution in [1.29, 1.82) is 0 Å². The van der Waals surface area contributed by atoms with Gasteiger partial charge in [0.05, 0.1) is 0 Å². The number of rotatable bonds is 5. The highest BCUT2D eigenvalue weighted by Gasteiger charge is 2.49. The van der Waals surface area contributed by atoms with Crippen LogP contribution < -0.4 is 10.6 Å². The number of carbonyl (C=O) groups excluding carboxylic acids is 3. The highest BCUT2D eigenvalue weighted by atomic mass is 16.2. The molecule has 1 saturated heterocycles. The molecule has 164 valence electrons. The van der Waals surface area contributed by atoms with Crippen LogP contribution in [0.4, 0.5) is 10.5 Å². The standard InChI is InChI=1S/C25H31N3O3/c1-7-17-10-8-9-16(2)21(17)26-20(29)15-28-22(30)25(6,27-23(28)31)19-13-11-18(12-14-19)24(3,4)5/h8-14H,7,15H2,1-6H3,(H,26,29)(H,27,31). The van der Waals surface area contributed by atoms with Crippen LogP contribution in [0.15, 0.2) is 42.5 Å². The van der Waals surface area contributed by atoms with Gasteiger partial charge in [0.25, 0.3) is 5.91 Å². The summed E-state index contributed by atoms with van der Waals surface area (Å²) in [7, 11) is 0. The van der Waals surface area contributed by atoms with Crippen molar-refractivity contribution < 1.29 is 14.4 Å². The van der Waals surface area contributed by atoms with E-state index in [1.165, 1.54) is 0 Å². The second-order valence-corrected chi connectivity index (χ2v) is 9.28. The van der Waals surface area contributed by atoms with Crippen molar-refractivity contribution in [3.05, 3.63) is 64.7 Å². The molecule has 1 fully saturated rings. The number of nitrogens with zero attached hydrogens (tertiary/aromatic N) is 1. The molecule has 0 saturated carbocycles. The summed E-state index contributed by atoms with van der Waals surface area (Å²) < 4.78 is 0. The van der Waals surface area contributed by atoms with Crippen LogP contribution in [-0.2, 0) is 27.0 Å². The van der Waals surface area contributed by atoms with E-state index in [1.54, 1.807) is 6.92 Å². The van der Waals surface area contributed by atoms with E-state index in [-0.39, 0.29) is 12.0 Å². The molecule has 1 aliphatic rings. The minimum atomic E-state index is -1.20. The van der Waals surface area contributed by atoms with Gasteiger partial charge in [0.15, 0.2) is 0 Å². The molecule has 4 amide bonds. The Morgan fingerprint density at radius 3 is 2.32 bits per heavy atom. The Bertz CT molecular complexity index is 1020. The van der Waals surface area contributed by atoms with Crippen LogP contribution in [0.3, 0.4) is 0 Å². The lowest BCUT2D eigenvalue weighted by molar-refractivity contribution is -0.133. The van der Waals surface area contributed by atoms with Crippen molar-refractivity contribution in [3.63, 3.8) is 0 Å². The molecule has 1 heterocycles. The zero-order valence-electron chi connectivity index (χ0n) is 19.1. The molecular formula is C25H31N3O3. The fourth-order valence-corrected chi connectivity index (χ4v) is 3.86. The van der Waals surface area contributed by atoms with Gasteiger partial charge in [-0.3, -0.25) is 14.5 Å². The van der Waals surface area contributed by atoms with Crippen molar-refractivity contribution in [1.82, 2.24) is 10.2 Å².